The van der Waals surface area contributed by atoms with Crippen LogP contribution >= 0.6 is 0 Å². The lowest BCUT2D eigenvalue weighted by atomic mass is 9.91. The Morgan fingerprint density at radius 3 is 2.58 bits per heavy atom. The van der Waals surface area contributed by atoms with Gasteiger partial charge in [-0.25, -0.2) is 14.3 Å². The average Bonchev–Trinajstić information content (AvgIpc) is 3.39. The topological polar surface area (TPSA) is 111 Å². The first-order valence-electron chi connectivity index (χ1n) is 15.7. The molecule has 0 unspecified atom stereocenters. The summed E-state index contributed by atoms with van der Waals surface area (Å²) in [5, 5.41) is 11.2. The van der Waals surface area contributed by atoms with Crippen LogP contribution in [0.2, 0.25) is 0 Å². The first-order valence-corrected chi connectivity index (χ1v) is 15.7. The van der Waals surface area contributed by atoms with Gasteiger partial charge in [0.05, 0.1) is 48.6 Å². The van der Waals surface area contributed by atoms with Crippen LogP contribution in [0.5, 0.6) is 5.75 Å². The molecule has 7 rings (SSSR count). The van der Waals surface area contributed by atoms with Gasteiger partial charge in [-0.2, -0.15) is 4.79 Å². The van der Waals surface area contributed by atoms with Crippen LogP contribution in [0.3, 0.4) is 0 Å². The summed E-state index contributed by atoms with van der Waals surface area (Å²) in [6.45, 7) is 9.16. The van der Waals surface area contributed by atoms with Crippen LogP contribution < -0.4 is 10.3 Å². The number of piperidine rings is 2. The van der Waals surface area contributed by atoms with Crippen LogP contribution in [0.4, 0.5) is 4.79 Å². The Balaban J connectivity index is 1.08. The van der Waals surface area contributed by atoms with Gasteiger partial charge in [0.2, 0.25) is 0 Å². The highest BCUT2D eigenvalue weighted by molar-refractivity contribution is 5.86. The average molecular weight is 588 g/mol. The van der Waals surface area contributed by atoms with Crippen molar-refractivity contribution < 1.29 is 28.7 Å². The lowest BCUT2D eigenvalue weighted by Gasteiger charge is -2.44. The second kappa shape index (κ2) is 10.8. The lowest BCUT2D eigenvalue weighted by molar-refractivity contribution is -0.860. The molecule has 10 nitrogen and oxygen atoms in total. The van der Waals surface area contributed by atoms with Crippen molar-refractivity contribution in [2.24, 2.45) is 5.92 Å². The number of rotatable bonds is 4. The van der Waals surface area contributed by atoms with E-state index in [0.717, 1.165) is 42.8 Å². The van der Waals surface area contributed by atoms with Crippen molar-refractivity contribution in [3.63, 3.8) is 0 Å². The first kappa shape index (κ1) is 28.2. The van der Waals surface area contributed by atoms with Crippen LogP contribution in [-0.4, -0.2) is 74.9 Å². The number of aromatic nitrogens is 2. The zero-order chi connectivity index (χ0) is 29.9. The number of carbonyl (C=O) groups excluding carboxylic acids is 2. The molecule has 1 aromatic carbocycles. The van der Waals surface area contributed by atoms with E-state index in [-0.39, 0.29) is 23.8 Å². The summed E-state index contributed by atoms with van der Waals surface area (Å²) in [5.74, 6) is 0.584. The maximum atomic E-state index is 13.6. The molecule has 43 heavy (non-hydrogen) atoms. The second-order valence-electron chi connectivity index (χ2n) is 12.6. The van der Waals surface area contributed by atoms with Crippen molar-refractivity contribution in [3.05, 3.63) is 57.4 Å². The number of hydrogen-bond donors (Lipinski definition) is 1. The molecule has 0 aliphatic carbocycles. The number of pyridine rings is 2. The van der Waals surface area contributed by atoms with Gasteiger partial charge < -0.3 is 19.1 Å². The highest BCUT2D eigenvalue weighted by atomic mass is 16.6. The molecule has 4 aliphatic heterocycles. The van der Waals surface area contributed by atoms with E-state index in [1.54, 1.807) is 16.7 Å². The maximum absolute atomic E-state index is 13.6. The van der Waals surface area contributed by atoms with E-state index < -0.39 is 12.1 Å². The van der Waals surface area contributed by atoms with Gasteiger partial charge in [-0.15, -0.1) is 0 Å². The number of benzene rings is 1. The Bertz CT molecular complexity index is 1670. The summed E-state index contributed by atoms with van der Waals surface area (Å²) < 4.78 is 12.9. The quantitative estimate of drug-likeness (QED) is 0.280. The molecule has 1 N–H and O–H groups in total. The largest absolute Gasteiger partial charge is 0.521 e. The number of cyclic esters (lactones) is 1. The molecule has 226 valence electrons. The Labute approximate surface area is 250 Å². The monoisotopic (exact) mass is 587 g/mol. The number of nitrogens with zero attached hydrogens (tertiary/aromatic N) is 4. The molecular weight excluding hydrogens is 548 g/mol. The van der Waals surface area contributed by atoms with Gasteiger partial charge in [0.15, 0.2) is 6.10 Å². The number of fused-ring (bicyclic) bond motifs is 5. The summed E-state index contributed by atoms with van der Waals surface area (Å²) >= 11 is 0. The third-order valence-electron chi connectivity index (χ3n) is 10.5. The minimum atomic E-state index is -1.48. The summed E-state index contributed by atoms with van der Waals surface area (Å²) in [6, 6.07) is 9.63. The van der Waals surface area contributed by atoms with E-state index in [1.807, 2.05) is 18.2 Å². The molecule has 3 aromatic rings. The lowest BCUT2D eigenvalue weighted by Crippen LogP contribution is -2.61. The molecule has 0 radical (unpaired) electrons. The van der Waals surface area contributed by atoms with Gasteiger partial charge in [0.1, 0.15) is 12.4 Å². The molecule has 0 bridgehead atoms. The SMILES string of the molecule is CCC1CCN(C2CC[N+](CC)(C(=O)Oc3ccc4nc5c(cc4c3)Cn3c-5cc4c(c3=O)COC(=O)[C@H]4O)CC2)CC1. The van der Waals surface area contributed by atoms with Gasteiger partial charge in [-0.1, -0.05) is 13.3 Å². The van der Waals surface area contributed by atoms with Crippen LogP contribution in [0, 0.1) is 5.92 Å². The summed E-state index contributed by atoms with van der Waals surface area (Å²) in [6.07, 6.45) is 4.16. The number of aliphatic hydroxyl groups is 1. The maximum Gasteiger partial charge on any atom is 0.521 e. The van der Waals surface area contributed by atoms with Crippen molar-refractivity contribution >= 4 is 23.0 Å². The van der Waals surface area contributed by atoms with E-state index >= 15 is 0 Å². The number of likely N-dealkylation sites (tertiary alicyclic amines) is 2. The fourth-order valence-corrected chi connectivity index (χ4v) is 7.54. The Morgan fingerprint density at radius 2 is 1.86 bits per heavy atom. The highest BCUT2D eigenvalue weighted by Gasteiger charge is 2.43. The molecule has 4 aliphatic rings. The predicted octanol–water partition coefficient (Wildman–Crippen LogP) is 4.14. The number of ether oxygens (including phenoxy) is 2. The molecule has 10 heteroatoms. The molecule has 2 aromatic heterocycles. The second-order valence-corrected chi connectivity index (χ2v) is 12.6. The van der Waals surface area contributed by atoms with Crippen LogP contribution in [-0.2, 0) is 22.7 Å². The predicted molar refractivity (Wildman–Crippen MR) is 159 cm³/mol. The van der Waals surface area contributed by atoms with Crippen molar-refractivity contribution in [1.29, 1.82) is 0 Å². The number of aliphatic hydroxyl groups excluding tert-OH is 1. The minimum Gasteiger partial charge on any atom is -0.458 e. The van der Waals surface area contributed by atoms with Gasteiger partial charge >= 0.3 is 12.1 Å². The number of amides is 1. The van der Waals surface area contributed by atoms with E-state index in [9.17, 15) is 19.5 Å². The number of esters is 1. The molecular formula is C33H39N4O6+. The van der Waals surface area contributed by atoms with Gasteiger partial charge in [0, 0.05) is 35.4 Å². The summed E-state index contributed by atoms with van der Waals surface area (Å²) in [7, 11) is 0. The fraction of sp³-hybridized carbons (Fsp3) is 0.515. The third kappa shape index (κ3) is 4.76. The molecule has 1 amide bonds. The zero-order valence-electron chi connectivity index (χ0n) is 24.9. The van der Waals surface area contributed by atoms with Gasteiger partial charge in [0.25, 0.3) is 5.56 Å². The summed E-state index contributed by atoms with van der Waals surface area (Å²) in [4.78, 5) is 46.2. The number of quaternary nitrogens is 1. The van der Waals surface area contributed by atoms with Crippen molar-refractivity contribution in [2.75, 3.05) is 32.7 Å². The number of hydrogen-bond acceptors (Lipinski definition) is 8. The molecule has 0 saturated carbocycles. The fourth-order valence-electron chi connectivity index (χ4n) is 7.54. The van der Waals surface area contributed by atoms with Crippen LogP contribution in [0.15, 0.2) is 35.1 Å². The normalized spacial score (nSPS) is 25.6. The van der Waals surface area contributed by atoms with E-state index in [4.69, 9.17) is 14.5 Å². The molecule has 0 spiro atoms. The van der Waals surface area contributed by atoms with E-state index in [0.29, 0.717) is 51.8 Å². The molecule has 6 heterocycles. The van der Waals surface area contributed by atoms with Crippen LogP contribution in [0.25, 0.3) is 22.3 Å². The van der Waals surface area contributed by atoms with Crippen molar-refractivity contribution in [1.82, 2.24) is 14.5 Å². The Hall–Kier alpha value is -3.60. The first-order chi connectivity index (χ1) is 20.8. The van der Waals surface area contributed by atoms with Crippen molar-refractivity contribution in [3.8, 4) is 17.1 Å². The standard InChI is InChI=1S/C33H39N4O6/c1-3-20-7-11-35(12-8-20)23-9-13-37(4-2,14-10-23)33(41)43-24-5-6-27-21(16-24)15-22-18-36-28(29(22)34-27)17-25-26(31(36)39)19-42-32(40)30(25)38/h5-6,15-17,20,23,30,38H,3-4,7-14,18-19H2,1-2H3/q+1/t23?,30-,37?/m0/s1. The highest BCUT2D eigenvalue weighted by Crippen LogP contribution is 2.36. The van der Waals surface area contributed by atoms with Crippen LogP contribution in [0.1, 0.15) is 68.7 Å². The third-order valence-corrected chi connectivity index (χ3v) is 10.5. The van der Waals surface area contributed by atoms with E-state index in [1.165, 1.54) is 32.4 Å². The zero-order valence-corrected chi connectivity index (χ0v) is 24.9. The minimum absolute atomic E-state index is 0.152. The van der Waals surface area contributed by atoms with Gasteiger partial charge in [-0.3, -0.25) is 9.69 Å². The Kier molecular flexibility index (Phi) is 7.10. The van der Waals surface area contributed by atoms with Crippen molar-refractivity contribution in [2.45, 2.75) is 71.2 Å². The smallest absolute Gasteiger partial charge is 0.458 e. The van der Waals surface area contributed by atoms with E-state index in [2.05, 4.69) is 18.7 Å². The van der Waals surface area contributed by atoms with Gasteiger partial charge in [-0.05, 0) is 69.1 Å². The Morgan fingerprint density at radius 1 is 1.09 bits per heavy atom. The molecule has 2 fully saturated rings. The summed E-state index contributed by atoms with van der Waals surface area (Å²) in [5.41, 5.74) is 3.03. The molecule has 2 saturated heterocycles. The number of carbonyl (C=O) groups is 2. The molecule has 1 atom stereocenters.